The maximum Gasteiger partial charge on any atom is 0.268 e. The summed E-state index contributed by atoms with van der Waals surface area (Å²) in [4.78, 5) is 2.12. The quantitative estimate of drug-likeness (QED) is 0.661. The lowest BCUT2D eigenvalue weighted by molar-refractivity contribution is -0.672. The fourth-order valence-corrected chi connectivity index (χ4v) is 2.67. The number of anilines is 1. The SMILES string of the molecule is CN(C)c1ccc(C(n2cc[n+](C)c2)n2cc[n+](C)c2)cc1. The molecule has 0 atom stereocenters. The fraction of sp³-hybridized carbons (Fsp3) is 0.294. The molecular weight excluding hydrogens is 274 g/mol. The molecule has 3 rings (SSSR count). The van der Waals surface area contributed by atoms with Crippen molar-refractivity contribution >= 4 is 5.69 Å². The molecule has 0 fully saturated rings. The van der Waals surface area contributed by atoms with Crippen LogP contribution < -0.4 is 14.0 Å². The number of aryl methyl sites for hydroxylation is 2. The predicted molar refractivity (Wildman–Crippen MR) is 85.5 cm³/mol. The molecule has 5 nitrogen and oxygen atoms in total. The van der Waals surface area contributed by atoms with Crippen LogP contribution in [0.4, 0.5) is 5.69 Å². The summed E-state index contributed by atoms with van der Waals surface area (Å²) in [6, 6.07) is 8.71. The molecule has 114 valence electrons. The van der Waals surface area contributed by atoms with Crippen molar-refractivity contribution in [2.45, 2.75) is 6.17 Å². The van der Waals surface area contributed by atoms with Crippen LogP contribution in [0.15, 0.2) is 61.7 Å². The maximum atomic E-state index is 2.21. The molecule has 0 saturated carbocycles. The number of imidazole rings is 2. The van der Waals surface area contributed by atoms with Crippen molar-refractivity contribution in [2.75, 3.05) is 19.0 Å². The van der Waals surface area contributed by atoms with E-state index < -0.39 is 0 Å². The largest absolute Gasteiger partial charge is 0.378 e. The summed E-state index contributed by atoms with van der Waals surface area (Å²) in [6.07, 6.45) is 12.6. The standard InChI is InChI=1S/C17H23N5/c1-18(2)16-7-5-15(6-8-16)17(21-11-9-19(3)13-21)22-12-10-20(4)14-22/h5-14,17H,1-4H3/q+2. The van der Waals surface area contributed by atoms with Crippen LogP contribution in [0, 0.1) is 0 Å². The zero-order chi connectivity index (χ0) is 15.7. The number of hydrogen-bond acceptors (Lipinski definition) is 1. The van der Waals surface area contributed by atoms with E-state index in [-0.39, 0.29) is 6.17 Å². The highest BCUT2D eigenvalue weighted by Gasteiger charge is 2.25. The predicted octanol–water partition coefficient (Wildman–Crippen LogP) is 1.10. The first-order valence-corrected chi connectivity index (χ1v) is 7.37. The zero-order valence-electron chi connectivity index (χ0n) is 13.6. The Balaban J connectivity index is 2.05. The first-order valence-electron chi connectivity index (χ1n) is 7.37. The lowest BCUT2D eigenvalue weighted by Crippen LogP contribution is -2.28. The van der Waals surface area contributed by atoms with Crippen LogP contribution >= 0.6 is 0 Å². The van der Waals surface area contributed by atoms with Gasteiger partial charge >= 0.3 is 0 Å². The number of rotatable bonds is 4. The van der Waals surface area contributed by atoms with E-state index in [0.29, 0.717) is 0 Å². The van der Waals surface area contributed by atoms with Crippen molar-refractivity contribution in [1.29, 1.82) is 0 Å². The van der Waals surface area contributed by atoms with Crippen LogP contribution in [0.3, 0.4) is 0 Å². The summed E-state index contributed by atoms with van der Waals surface area (Å²) in [5.41, 5.74) is 2.46. The normalized spacial score (nSPS) is 11.1. The van der Waals surface area contributed by atoms with Gasteiger partial charge in [0.05, 0.1) is 14.1 Å². The molecule has 0 bridgehead atoms. The Morgan fingerprint density at radius 3 is 1.73 bits per heavy atom. The Bertz CT molecular complexity index is 711. The number of hydrogen-bond donors (Lipinski definition) is 0. The summed E-state index contributed by atoms with van der Waals surface area (Å²) in [6.45, 7) is 0. The average Bonchev–Trinajstić information content (AvgIpc) is 3.09. The van der Waals surface area contributed by atoms with Crippen LogP contribution in [-0.2, 0) is 14.1 Å². The van der Waals surface area contributed by atoms with E-state index in [1.807, 2.05) is 14.1 Å². The second kappa shape index (κ2) is 5.67. The third kappa shape index (κ3) is 2.74. The molecule has 22 heavy (non-hydrogen) atoms. The van der Waals surface area contributed by atoms with Crippen LogP contribution in [0.5, 0.6) is 0 Å². The van der Waals surface area contributed by atoms with E-state index in [1.165, 1.54) is 11.3 Å². The third-order valence-electron chi connectivity index (χ3n) is 3.85. The van der Waals surface area contributed by atoms with E-state index in [2.05, 4.69) is 99.0 Å². The maximum absolute atomic E-state index is 2.21. The molecule has 0 spiro atoms. The Morgan fingerprint density at radius 1 is 0.864 bits per heavy atom. The highest BCUT2D eigenvalue weighted by atomic mass is 15.3. The molecule has 0 amide bonds. The van der Waals surface area contributed by atoms with Crippen LogP contribution in [0.2, 0.25) is 0 Å². The van der Waals surface area contributed by atoms with Crippen molar-refractivity contribution in [3.05, 3.63) is 67.3 Å². The monoisotopic (exact) mass is 297 g/mol. The number of nitrogens with zero attached hydrogens (tertiary/aromatic N) is 5. The molecule has 2 heterocycles. The Labute approximate surface area is 131 Å². The van der Waals surface area contributed by atoms with Crippen LogP contribution in [0.25, 0.3) is 0 Å². The van der Waals surface area contributed by atoms with Gasteiger partial charge in [-0.05, 0) is 24.3 Å². The fourth-order valence-electron chi connectivity index (χ4n) is 2.67. The van der Waals surface area contributed by atoms with Gasteiger partial charge in [0.15, 0.2) is 0 Å². The summed E-state index contributed by atoms with van der Waals surface area (Å²) >= 11 is 0. The van der Waals surface area contributed by atoms with E-state index in [0.717, 1.165) is 0 Å². The first kappa shape index (κ1) is 14.4. The highest BCUT2D eigenvalue weighted by molar-refractivity contribution is 5.46. The highest BCUT2D eigenvalue weighted by Crippen LogP contribution is 2.22. The lowest BCUT2D eigenvalue weighted by atomic mass is 10.1. The Kier molecular flexibility index (Phi) is 3.71. The topological polar surface area (TPSA) is 20.9 Å². The molecule has 3 aromatic rings. The summed E-state index contributed by atoms with van der Waals surface area (Å²) in [5, 5.41) is 0. The van der Waals surface area contributed by atoms with E-state index in [9.17, 15) is 0 Å². The van der Waals surface area contributed by atoms with Crippen molar-refractivity contribution in [3.8, 4) is 0 Å². The molecule has 1 aromatic carbocycles. The van der Waals surface area contributed by atoms with E-state index >= 15 is 0 Å². The summed E-state index contributed by atoms with van der Waals surface area (Å²) in [5.74, 6) is 0. The molecule has 0 aliphatic carbocycles. The molecule has 0 saturated heterocycles. The van der Waals surface area contributed by atoms with Gasteiger partial charge in [-0.15, -0.1) is 0 Å². The smallest absolute Gasteiger partial charge is 0.268 e. The molecule has 0 unspecified atom stereocenters. The number of aromatic nitrogens is 4. The van der Waals surface area contributed by atoms with Crippen molar-refractivity contribution in [2.24, 2.45) is 14.1 Å². The molecule has 2 aromatic heterocycles. The first-order chi connectivity index (χ1) is 10.5. The van der Waals surface area contributed by atoms with E-state index in [1.54, 1.807) is 0 Å². The van der Waals surface area contributed by atoms with Gasteiger partial charge in [0.1, 0.15) is 24.8 Å². The van der Waals surface area contributed by atoms with Gasteiger partial charge in [-0.3, -0.25) is 0 Å². The Morgan fingerprint density at radius 2 is 1.36 bits per heavy atom. The van der Waals surface area contributed by atoms with Gasteiger partial charge in [0.25, 0.3) is 6.17 Å². The molecule has 0 aliphatic rings. The van der Waals surface area contributed by atoms with Crippen LogP contribution in [-0.4, -0.2) is 23.2 Å². The summed E-state index contributed by atoms with van der Waals surface area (Å²) in [7, 11) is 8.20. The van der Waals surface area contributed by atoms with Gasteiger partial charge in [0.2, 0.25) is 12.7 Å². The van der Waals surface area contributed by atoms with Gasteiger partial charge in [-0.25, -0.2) is 9.13 Å². The summed E-state index contributed by atoms with van der Waals surface area (Å²) < 4.78 is 8.55. The second-order valence-corrected chi connectivity index (χ2v) is 5.91. The average molecular weight is 297 g/mol. The lowest BCUT2D eigenvalue weighted by Gasteiger charge is -2.15. The van der Waals surface area contributed by atoms with Crippen molar-refractivity contribution in [3.63, 3.8) is 0 Å². The minimum atomic E-state index is 0.110. The van der Waals surface area contributed by atoms with Gasteiger partial charge in [-0.2, -0.15) is 9.13 Å². The molecular formula is C17H23N5+2. The van der Waals surface area contributed by atoms with Gasteiger partial charge < -0.3 is 4.90 Å². The molecule has 0 aliphatic heterocycles. The van der Waals surface area contributed by atoms with E-state index in [4.69, 9.17) is 0 Å². The minimum Gasteiger partial charge on any atom is -0.378 e. The third-order valence-corrected chi connectivity index (χ3v) is 3.85. The van der Waals surface area contributed by atoms with Gasteiger partial charge in [0, 0.05) is 25.3 Å². The molecule has 0 N–H and O–H groups in total. The van der Waals surface area contributed by atoms with Crippen molar-refractivity contribution < 1.29 is 9.13 Å². The van der Waals surface area contributed by atoms with Crippen LogP contribution in [0.1, 0.15) is 11.7 Å². The molecule has 0 radical (unpaired) electrons. The second-order valence-electron chi connectivity index (χ2n) is 5.91. The Hall–Kier alpha value is -2.56. The van der Waals surface area contributed by atoms with Crippen molar-refractivity contribution in [1.82, 2.24) is 9.13 Å². The number of benzene rings is 1. The van der Waals surface area contributed by atoms with Gasteiger partial charge in [-0.1, -0.05) is 0 Å². The zero-order valence-corrected chi connectivity index (χ0v) is 13.6. The minimum absolute atomic E-state index is 0.110. The molecule has 5 heteroatoms.